The lowest BCUT2D eigenvalue weighted by Crippen LogP contribution is -2.40. The Morgan fingerprint density at radius 2 is 1.84 bits per heavy atom. The fourth-order valence-electron chi connectivity index (χ4n) is 4.72. The lowest BCUT2D eigenvalue weighted by Gasteiger charge is -2.28. The maximum Gasteiger partial charge on any atom is 0.243 e. The lowest BCUT2D eigenvalue weighted by molar-refractivity contribution is 0.0730. The molecule has 1 aromatic heterocycles. The van der Waals surface area contributed by atoms with Crippen molar-refractivity contribution < 1.29 is 13.2 Å². The predicted octanol–water partition coefficient (Wildman–Crippen LogP) is 3.09. The monoisotopic (exact) mass is 544 g/mol. The van der Waals surface area contributed by atoms with Crippen LogP contribution in [0.2, 0.25) is 0 Å². The third-order valence-corrected chi connectivity index (χ3v) is 8.76. The van der Waals surface area contributed by atoms with Gasteiger partial charge in [-0.15, -0.1) is 0 Å². The van der Waals surface area contributed by atoms with Crippen LogP contribution in [0.1, 0.15) is 36.7 Å². The topological polar surface area (TPSA) is 91.2 Å². The van der Waals surface area contributed by atoms with Gasteiger partial charge in [0.1, 0.15) is 0 Å². The molecule has 0 aliphatic carbocycles. The number of hydrogen-bond donors (Lipinski definition) is 2. The second kappa shape index (κ2) is 11.8. The van der Waals surface area contributed by atoms with E-state index in [-0.39, 0.29) is 0 Å². The van der Waals surface area contributed by atoms with Crippen molar-refractivity contribution in [2.45, 2.75) is 38.5 Å². The zero-order valence-corrected chi connectivity index (χ0v) is 23.4. The third kappa shape index (κ3) is 6.23. The molecule has 9 nitrogen and oxygen atoms in total. The second-order valence-electron chi connectivity index (χ2n) is 9.53. The number of benzene rings is 1. The molecule has 1 aromatic carbocycles. The number of hydrogen-bond acceptors (Lipinski definition) is 6. The molecule has 2 N–H and O–H groups in total. The van der Waals surface area contributed by atoms with Gasteiger partial charge in [0, 0.05) is 49.7 Å². The van der Waals surface area contributed by atoms with E-state index in [1.54, 1.807) is 12.3 Å². The van der Waals surface area contributed by atoms with Gasteiger partial charge < -0.3 is 19.5 Å². The molecule has 2 aliphatic rings. The van der Waals surface area contributed by atoms with Gasteiger partial charge in [-0.3, -0.25) is 5.43 Å². The Kier molecular flexibility index (Phi) is 8.68. The summed E-state index contributed by atoms with van der Waals surface area (Å²) in [6.07, 6.45) is 3.98. The van der Waals surface area contributed by atoms with Crippen LogP contribution in [0.4, 0.5) is 5.69 Å². The molecule has 0 spiro atoms. The number of anilines is 1. The molecule has 3 heterocycles. The standard InChI is InChI=1S/C26H36N6O3S2/c1-19(2)17-27-26(36)29-28-18-22-15-20(3)32(21(22)4)25-16-23(7-8-24(25)30-9-5-6-10-30)37(33,34)31-11-13-35-14-12-31/h7-8,15-16,18H,1,5-6,9-14,17H2,2-4H3,(H2,27,29,36)/b28-18-. The van der Waals surface area contributed by atoms with Crippen molar-refractivity contribution in [2.75, 3.05) is 50.8 Å². The summed E-state index contributed by atoms with van der Waals surface area (Å²) in [6.45, 7) is 13.9. The molecule has 37 heavy (non-hydrogen) atoms. The highest BCUT2D eigenvalue weighted by molar-refractivity contribution is 7.89. The van der Waals surface area contributed by atoms with Crippen molar-refractivity contribution in [1.29, 1.82) is 0 Å². The molecule has 0 atom stereocenters. The number of morpholine rings is 1. The SMILES string of the molecule is C=C(C)CNC(=S)N/N=C\c1cc(C)n(-c2cc(S(=O)(=O)N3CCOCC3)ccc2N2CCCC2)c1C. The third-order valence-electron chi connectivity index (χ3n) is 6.63. The number of sulfonamides is 1. The maximum atomic E-state index is 13.5. The van der Waals surface area contributed by atoms with Crippen LogP contribution in [-0.4, -0.2) is 74.6 Å². The summed E-state index contributed by atoms with van der Waals surface area (Å²) in [5, 5.41) is 7.76. The first-order valence-electron chi connectivity index (χ1n) is 12.6. The van der Waals surface area contributed by atoms with Crippen LogP contribution < -0.4 is 15.6 Å². The maximum absolute atomic E-state index is 13.5. The van der Waals surface area contributed by atoms with Crippen molar-refractivity contribution in [3.05, 3.63) is 53.4 Å². The van der Waals surface area contributed by atoms with E-state index in [9.17, 15) is 8.42 Å². The van der Waals surface area contributed by atoms with Gasteiger partial charge in [0.05, 0.1) is 35.7 Å². The fourth-order valence-corrected chi connectivity index (χ4v) is 6.28. The van der Waals surface area contributed by atoms with Gasteiger partial charge in [-0.2, -0.15) is 9.41 Å². The molecule has 2 aliphatic heterocycles. The minimum atomic E-state index is -3.63. The van der Waals surface area contributed by atoms with Gasteiger partial charge in [0.2, 0.25) is 10.0 Å². The largest absolute Gasteiger partial charge is 0.379 e. The Labute approximate surface area is 225 Å². The first-order chi connectivity index (χ1) is 17.7. The van der Waals surface area contributed by atoms with E-state index >= 15 is 0 Å². The van der Waals surface area contributed by atoms with E-state index in [0.29, 0.717) is 42.9 Å². The average Bonchev–Trinajstić information content (AvgIpc) is 3.51. The molecule has 11 heteroatoms. The Hall–Kier alpha value is -2.73. The van der Waals surface area contributed by atoms with Crippen LogP contribution in [0.15, 0.2) is 46.4 Å². The highest BCUT2D eigenvalue weighted by Crippen LogP contribution is 2.34. The zero-order valence-electron chi connectivity index (χ0n) is 21.8. The molecule has 0 bridgehead atoms. The highest BCUT2D eigenvalue weighted by atomic mass is 32.2. The molecular formula is C26H36N6O3S2. The van der Waals surface area contributed by atoms with Gasteiger partial charge in [-0.25, -0.2) is 8.42 Å². The van der Waals surface area contributed by atoms with Crippen molar-refractivity contribution in [3.63, 3.8) is 0 Å². The number of hydrazone groups is 1. The first kappa shape index (κ1) is 27.3. The minimum Gasteiger partial charge on any atom is -0.379 e. The normalized spacial score (nSPS) is 16.9. The summed E-state index contributed by atoms with van der Waals surface area (Å²) >= 11 is 5.25. The summed E-state index contributed by atoms with van der Waals surface area (Å²) in [6, 6.07) is 7.55. The van der Waals surface area contributed by atoms with Crippen molar-refractivity contribution in [1.82, 2.24) is 19.6 Å². The summed E-state index contributed by atoms with van der Waals surface area (Å²) in [4.78, 5) is 2.63. The number of aryl methyl sites for hydroxylation is 1. The molecule has 2 saturated heterocycles. The van der Waals surface area contributed by atoms with Crippen LogP contribution in [-0.2, 0) is 14.8 Å². The number of thiocarbonyl (C=S) groups is 1. The molecule has 200 valence electrons. The Balaban J connectivity index is 1.68. The van der Waals surface area contributed by atoms with Gasteiger partial charge in [0.15, 0.2) is 5.11 Å². The van der Waals surface area contributed by atoms with Gasteiger partial charge >= 0.3 is 0 Å². The number of rotatable bonds is 8. The van der Waals surface area contributed by atoms with Crippen LogP contribution in [0.25, 0.3) is 5.69 Å². The highest BCUT2D eigenvalue weighted by Gasteiger charge is 2.28. The number of nitrogens with one attached hydrogen (secondary N) is 2. The Morgan fingerprint density at radius 1 is 1.14 bits per heavy atom. The molecular weight excluding hydrogens is 508 g/mol. The number of aromatic nitrogens is 1. The van der Waals surface area contributed by atoms with E-state index in [4.69, 9.17) is 17.0 Å². The quantitative estimate of drug-likeness (QED) is 0.228. The average molecular weight is 545 g/mol. The number of nitrogens with zero attached hydrogens (tertiary/aromatic N) is 4. The van der Waals surface area contributed by atoms with Crippen LogP contribution >= 0.6 is 12.2 Å². The summed E-state index contributed by atoms with van der Waals surface area (Å²) in [7, 11) is -3.63. The van der Waals surface area contributed by atoms with E-state index in [0.717, 1.165) is 59.8 Å². The van der Waals surface area contributed by atoms with Crippen molar-refractivity contribution in [2.24, 2.45) is 5.10 Å². The number of ether oxygens (including phenoxy) is 1. The fraction of sp³-hybridized carbons (Fsp3) is 0.462. The summed E-state index contributed by atoms with van der Waals surface area (Å²) < 4.78 is 35.9. The molecule has 0 saturated carbocycles. The van der Waals surface area contributed by atoms with Crippen LogP contribution in [0.3, 0.4) is 0 Å². The summed E-state index contributed by atoms with van der Waals surface area (Å²) in [5.41, 5.74) is 8.58. The van der Waals surface area contributed by atoms with Crippen molar-refractivity contribution in [3.8, 4) is 5.69 Å². The molecule has 2 aromatic rings. The molecule has 4 rings (SSSR count). The van der Waals surface area contributed by atoms with Crippen LogP contribution in [0, 0.1) is 13.8 Å². The lowest BCUT2D eigenvalue weighted by atomic mass is 10.2. The molecule has 0 amide bonds. The Morgan fingerprint density at radius 3 is 2.51 bits per heavy atom. The van der Waals surface area contributed by atoms with Crippen molar-refractivity contribution >= 4 is 39.3 Å². The molecule has 2 fully saturated rings. The first-order valence-corrected chi connectivity index (χ1v) is 14.4. The Bertz CT molecular complexity index is 1290. The molecule has 0 unspecified atom stereocenters. The smallest absolute Gasteiger partial charge is 0.243 e. The van der Waals surface area contributed by atoms with Gasteiger partial charge in [-0.1, -0.05) is 12.2 Å². The summed E-state index contributed by atoms with van der Waals surface area (Å²) in [5.74, 6) is 0. The van der Waals surface area contributed by atoms with E-state index < -0.39 is 10.0 Å². The second-order valence-corrected chi connectivity index (χ2v) is 11.9. The minimum absolute atomic E-state index is 0.297. The van der Waals surface area contributed by atoms with Gasteiger partial charge in [-0.05, 0) is 70.1 Å². The van der Waals surface area contributed by atoms with Gasteiger partial charge in [0.25, 0.3) is 0 Å². The zero-order chi connectivity index (χ0) is 26.6. The van der Waals surface area contributed by atoms with E-state index in [1.807, 2.05) is 39.0 Å². The molecule has 0 radical (unpaired) electrons. The van der Waals surface area contributed by atoms with E-state index in [2.05, 4.69) is 31.9 Å². The predicted molar refractivity (Wildman–Crippen MR) is 152 cm³/mol. The van der Waals surface area contributed by atoms with Crippen LogP contribution in [0.5, 0.6) is 0 Å². The van der Waals surface area contributed by atoms with E-state index in [1.165, 1.54) is 4.31 Å².